The van der Waals surface area contributed by atoms with E-state index in [4.69, 9.17) is 42.1 Å². The molecule has 0 saturated carbocycles. The molecule has 28 heavy (non-hydrogen) atoms. The summed E-state index contributed by atoms with van der Waals surface area (Å²) in [7, 11) is 1.58. The Morgan fingerprint density at radius 1 is 1.18 bits per heavy atom. The van der Waals surface area contributed by atoms with Crippen LogP contribution in [0.5, 0.6) is 23.0 Å². The number of anilines is 2. The van der Waals surface area contributed by atoms with Crippen LogP contribution in [0, 0.1) is 0 Å². The highest BCUT2D eigenvalue weighted by Crippen LogP contribution is 2.45. The summed E-state index contributed by atoms with van der Waals surface area (Å²) in [5.74, 6) is 3.43. The van der Waals surface area contributed by atoms with Gasteiger partial charge in [-0.1, -0.05) is 11.6 Å². The Morgan fingerprint density at radius 2 is 2.07 bits per heavy atom. The van der Waals surface area contributed by atoms with Crippen LogP contribution >= 0.6 is 23.2 Å². The average molecular weight is 422 g/mol. The summed E-state index contributed by atoms with van der Waals surface area (Å²) in [5.41, 5.74) is 1.28. The van der Waals surface area contributed by atoms with Gasteiger partial charge in [0, 0.05) is 17.3 Å². The molecule has 1 N–H and O–H groups in total. The van der Waals surface area contributed by atoms with E-state index >= 15 is 0 Å². The molecule has 7 nitrogen and oxygen atoms in total. The van der Waals surface area contributed by atoms with Crippen molar-refractivity contribution in [2.45, 2.75) is 6.42 Å². The fourth-order valence-corrected chi connectivity index (χ4v) is 3.16. The Bertz CT molecular complexity index is 1020. The quantitative estimate of drug-likeness (QED) is 0.434. The van der Waals surface area contributed by atoms with Crippen molar-refractivity contribution in [2.75, 3.05) is 31.7 Å². The van der Waals surface area contributed by atoms with Crippen molar-refractivity contribution in [3.8, 4) is 23.0 Å². The normalized spacial score (nSPS) is 12.2. The van der Waals surface area contributed by atoms with Gasteiger partial charge in [0.2, 0.25) is 6.79 Å². The summed E-state index contributed by atoms with van der Waals surface area (Å²) >= 11 is 12.1. The third-order valence-corrected chi connectivity index (χ3v) is 4.77. The van der Waals surface area contributed by atoms with Gasteiger partial charge in [-0.15, -0.1) is 11.6 Å². The molecule has 0 bridgehead atoms. The summed E-state index contributed by atoms with van der Waals surface area (Å²) in [5, 5.41) is 4.47. The molecule has 0 atom stereocenters. The van der Waals surface area contributed by atoms with Crippen molar-refractivity contribution >= 4 is 45.6 Å². The van der Waals surface area contributed by atoms with E-state index in [1.807, 2.05) is 12.1 Å². The first-order chi connectivity index (χ1) is 13.7. The van der Waals surface area contributed by atoms with Gasteiger partial charge in [0.05, 0.1) is 24.3 Å². The molecule has 0 aliphatic carbocycles. The number of hydrogen-bond donors (Lipinski definition) is 1. The van der Waals surface area contributed by atoms with Gasteiger partial charge in [0.25, 0.3) is 0 Å². The van der Waals surface area contributed by atoms with Crippen LogP contribution in [-0.4, -0.2) is 36.4 Å². The number of nitrogens with one attached hydrogen (secondary N) is 1. The minimum Gasteiger partial charge on any atom is -0.493 e. The van der Waals surface area contributed by atoms with E-state index in [-0.39, 0.29) is 6.79 Å². The number of halogens is 2. The molecule has 2 aromatic carbocycles. The maximum atomic E-state index is 6.37. The minimum atomic E-state index is 0.145. The number of aromatic nitrogens is 2. The number of benzene rings is 2. The summed E-state index contributed by atoms with van der Waals surface area (Å²) in [6.07, 6.45) is 2.20. The molecule has 0 spiro atoms. The fraction of sp³-hybridized carbons (Fsp3) is 0.263. The molecule has 0 amide bonds. The van der Waals surface area contributed by atoms with E-state index < -0.39 is 0 Å². The third-order valence-electron chi connectivity index (χ3n) is 4.19. The Kier molecular flexibility index (Phi) is 5.45. The standard InChI is InChI=1S/C19H17Cl2N3O4/c1-25-15-7-11-13(8-16(15)26-6-2-5-20)22-9-23-19(11)24-17-12(21)3-4-14-18(17)28-10-27-14/h3-4,7-9H,2,5-6,10H2,1H3,(H,22,23,24). The average Bonchev–Trinajstić information content (AvgIpc) is 3.19. The zero-order chi connectivity index (χ0) is 19.5. The van der Waals surface area contributed by atoms with Gasteiger partial charge in [-0.05, 0) is 24.6 Å². The van der Waals surface area contributed by atoms with Gasteiger partial charge < -0.3 is 24.3 Å². The highest BCUT2D eigenvalue weighted by atomic mass is 35.5. The van der Waals surface area contributed by atoms with E-state index in [2.05, 4.69) is 15.3 Å². The second-order valence-electron chi connectivity index (χ2n) is 5.91. The van der Waals surface area contributed by atoms with E-state index in [9.17, 15) is 0 Å². The SMILES string of the molecule is COc1cc2c(Nc3c(Cl)ccc4c3OCO4)ncnc2cc1OCCCCl. The molecular weight excluding hydrogens is 405 g/mol. The molecule has 1 aromatic heterocycles. The largest absolute Gasteiger partial charge is 0.493 e. The first-order valence-corrected chi connectivity index (χ1v) is 9.49. The van der Waals surface area contributed by atoms with Crippen LogP contribution in [0.1, 0.15) is 6.42 Å². The number of ether oxygens (including phenoxy) is 4. The lowest BCUT2D eigenvalue weighted by molar-refractivity contribution is 0.174. The summed E-state index contributed by atoms with van der Waals surface area (Å²) in [6, 6.07) is 7.14. The predicted molar refractivity (Wildman–Crippen MR) is 108 cm³/mol. The Labute approximate surface area is 171 Å². The van der Waals surface area contributed by atoms with Crippen LogP contribution in [0.2, 0.25) is 5.02 Å². The molecular formula is C19H17Cl2N3O4. The van der Waals surface area contributed by atoms with Crippen molar-refractivity contribution in [2.24, 2.45) is 0 Å². The lowest BCUT2D eigenvalue weighted by Gasteiger charge is -2.15. The minimum absolute atomic E-state index is 0.145. The Balaban J connectivity index is 1.74. The lowest BCUT2D eigenvalue weighted by Crippen LogP contribution is -2.02. The molecule has 9 heteroatoms. The van der Waals surface area contributed by atoms with Gasteiger partial charge in [0.1, 0.15) is 17.8 Å². The number of alkyl halides is 1. The second kappa shape index (κ2) is 8.16. The van der Waals surface area contributed by atoms with E-state index in [0.29, 0.717) is 57.5 Å². The van der Waals surface area contributed by atoms with Crippen LogP contribution in [0.3, 0.4) is 0 Å². The monoisotopic (exact) mass is 421 g/mol. The third kappa shape index (κ3) is 3.55. The number of rotatable bonds is 7. The summed E-state index contributed by atoms with van der Waals surface area (Å²) in [4.78, 5) is 8.70. The molecule has 2 heterocycles. The smallest absolute Gasteiger partial charge is 0.231 e. The second-order valence-corrected chi connectivity index (χ2v) is 6.70. The van der Waals surface area contributed by atoms with Crippen molar-refractivity contribution in [3.05, 3.63) is 35.6 Å². The first kappa shape index (κ1) is 18.7. The van der Waals surface area contributed by atoms with Crippen LogP contribution in [0.15, 0.2) is 30.6 Å². The summed E-state index contributed by atoms with van der Waals surface area (Å²) < 4.78 is 22.2. The molecule has 4 rings (SSSR count). The Morgan fingerprint density at radius 3 is 2.89 bits per heavy atom. The number of fused-ring (bicyclic) bond motifs is 2. The van der Waals surface area contributed by atoms with Gasteiger partial charge in [-0.3, -0.25) is 0 Å². The van der Waals surface area contributed by atoms with Gasteiger partial charge >= 0.3 is 0 Å². The maximum Gasteiger partial charge on any atom is 0.231 e. The van der Waals surface area contributed by atoms with Crippen LogP contribution in [0.4, 0.5) is 11.5 Å². The number of methoxy groups -OCH3 is 1. The highest BCUT2D eigenvalue weighted by Gasteiger charge is 2.22. The van der Waals surface area contributed by atoms with Crippen molar-refractivity contribution in [1.29, 1.82) is 0 Å². The maximum absolute atomic E-state index is 6.37. The zero-order valence-electron chi connectivity index (χ0n) is 15.0. The van der Waals surface area contributed by atoms with Crippen molar-refractivity contribution in [1.82, 2.24) is 9.97 Å². The van der Waals surface area contributed by atoms with E-state index in [0.717, 1.165) is 11.8 Å². The zero-order valence-corrected chi connectivity index (χ0v) is 16.5. The van der Waals surface area contributed by atoms with E-state index in [1.54, 1.807) is 19.2 Å². The van der Waals surface area contributed by atoms with Gasteiger partial charge in [0.15, 0.2) is 23.0 Å². The molecule has 1 aliphatic heterocycles. The van der Waals surface area contributed by atoms with Gasteiger partial charge in [-0.2, -0.15) is 0 Å². The lowest BCUT2D eigenvalue weighted by atomic mass is 10.2. The Hall–Kier alpha value is -2.64. The van der Waals surface area contributed by atoms with Crippen molar-refractivity contribution in [3.63, 3.8) is 0 Å². The molecule has 1 aliphatic rings. The van der Waals surface area contributed by atoms with Crippen molar-refractivity contribution < 1.29 is 18.9 Å². The highest BCUT2D eigenvalue weighted by molar-refractivity contribution is 6.34. The van der Waals surface area contributed by atoms with E-state index in [1.165, 1.54) is 6.33 Å². The fourth-order valence-electron chi connectivity index (χ4n) is 2.86. The molecule has 0 saturated heterocycles. The van der Waals surface area contributed by atoms with Gasteiger partial charge in [-0.25, -0.2) is 9.97 Å². The molecule has 0 unspecified atom stereocenters. The molecule has 3 aromatic rings. The number of hydrogen-bond acceptors (Lipinski definition) is 7. The van der Waals surface area contributed by atoms with Crippen LogP contribution in [-0.2, 0) is 0 Å². The molecule has 146 valence electrons. The number of nitrogens with zero attached hydrogens (tertiary/aromatic N) is 2. The first-order valence-electron chi connectivity index (χ1n) is 8.58. The molecule has 0 radical (unpaired) electrons. The topological polar surface area (TPSA) is 74.7 Å². The summed E-state index contributed by atoms with van der Waals surface area (Å²) in [6.45, 7) is 0.635. The molecule has 0 fully saturated rings. The van der Waals surface area contributed by atoms with Crippen LogP contribution in [0.25, 0.3) is 10.9 Å². The predicted octanol–water partition coefficient (Wildman–Crippen LogP) is 4.77. The van der Waals surface area contributed by atoms with Crippen LogP contribution < -0.4 is 24.3 Å².